The first-order valence-electron chi connectivity index (χ1n) is 6.37. The highest BCUT2D eigenvalue weighted by atomic mass is 35.5. The number of nitrogens with zero attached hydrogens (tertiary/aromatic N) is 1. The zero-order valence-electron chi connectivity index (χ0n) is 11.8. The number of hydrogen-bond donors (Lipinski definition) is 1. The number of nitrogens with one attached hydrogen (secondary N) is 1. The molecule has 5 heteroatoms. The third-order valence-corrected chi connectivity index (χ3v) is 3.53. The molecule has 1 atom stereocenters. The summed E-state index contributed by atoms with van der Waals surface area (Å²) in [6, 6.07) is 6.77. The first-order chi connectivity index (χ1) is 8.76. The van der Waals surface area contributed by atoms with E-state index in [2.05, 4.69) is 22.3 Å². The number of benzene rings is 1. The summed E-state index contributed by atoms with van der Waals surface area (Å²) >= 11 is 0. The van der Waals surface area contributed by atoms with Gasteiger partial charge >= 0.3 is 0 Å². The molecule has 0 bridgehead atoms. The van der Waals surface area contributed by atoms with Gasteiger partial charge in [0.1, 0.15) is 0 Å². The molecule has 4 nitrogen and oxygen atoms in total. The fourth-order valence-corrected chi connectivity index (χ4v) is 2.45. The molecular formula is C14H23ClN2O2. The van der Waals surface area contributed by atoms with E-state index in [9.17, 15) is 0 Å². The molecule has 1 aromatic rings. The summed E-state index contributed by atoms with van der Waals surface area (Å²) in [7, 11) is 5.37. The summed E-state index contributed by atoms with van der Waals surface area (Å²) in [5.41, 5.74) is 1.27. The Labute approximate surface area is 121 Å². The highest BCUT2D eigenvalue weighted by Gasteiger charge is 2.20. The smallest absolute Gasteiger partial charge is 0.161 e. The van der Waals surface area contributed by atoms with Gasteiger partial charge in [-0.1, -0.05) is 6.07 Å². The zero-order valence-corrected chi connectivity index (χ0v) is 12.6. The molecule has 0 amide bonds. The lowest BCUT2D eigenvalue weighted by Crippen LogP contribution is -2.29. The van der Waals surface area contributed by atoms with Gasteiger partial charge in [-0.05, 0) is 31.2 Å². The van der Waals surface area contributed by atoms with Crippen LogP contribution in [0.1, 0.15) is 12.0 Å². The van der Waals surface area contributed by atoms with Crippen molar-refractivity contribution in [1.29, 1.82) is 0 Å². The molecule has 0 saturated carbocycles. The average Bonchev–Trinajstić information content (AvgIpc) is 2.86. The van der Waals surface area contributed by atoms with Crippen molar-refractivity contribution in [1.82, 2.24) is 10.2 Å². The maximum atomic E-state index is 5.33. The number of likely N-dealkylation sites (N-methyl/N-ethyl adjacent to an activating group) is 1. The van der Waals surface area contributed by atoms with Crippen LogP contribution in [0.2, 0.25) is 0 Å². The van der Waals surface area contributed by atoms with Gasteiger partial charge in [-0.15, -0.1) is 12.4 Å². The molecule has 1 heterocycles. The van der Waals surface area contributed by atoms with Crippen LogP contribution >= 0.6 is 12.4 Å². The molecule has 1 unspecified atom stereocenters. The first kappa shape index (κ1) is 16.1. The van der Waals surface area contributed by atoms with E-state index in [-0.39, 0.29) is 12.4 Å². The Balaban J connectivity index is 0.00000180. The van der Waals surface area contributed by atoms with Crippen molar-refractivity contribution in [2.45, 2.75) is 19.0 Å². The summed E-state index contributed by atoms with van der Waals surface area (Å²) in [6.45, 7) is 3.24. The van der Waals surface area contributed by atoms with Crippen LogP contribution in [-0.4, -0.2) is 45.3 Å². The van der Waals surface area contributed by atoms with E-state index in [1.807, 2.05) is 13.1 Å². The number of halogens is 1. The molecule has 1 N–H and O–H groups in total. The Hall–Kier alpha value is -0.970. The van der Waals surface area contributed by atoms with Gasteiger partial charge in [0, 0.05) is 25.7 Å². The molecule has 0 spiro atoms. The number of likely N-dealkylation sites (tertiary alicyclic amines) is 1. The van der Waals surface area contributed by atoms with Gasteiger partial charge in [-0.25, -0.2) is 0 Å². The largest absolute Gasteiger partial charge is 0.493 e. The van der Waals surface area contributed by atoms with E-state index in [0.29, 0.717) is 6.04 Å². The first-order valence-corrected chi connectivity index (χ1v) is 6.37. The van der Waals surface area contributed by atoms with Crippen molar-refractivity contribution < 1.29 is 9.47 Å². The monoisotopic (exact) mass is 286 g/mol. The third kappa shape index (κ3) is 4.00. The fraction of sp³-hybridized carbons (Fsp3) is 0.571. The zero-order chi connectivity index (χ0) is 13.0. The molecule has 2 rings (SSSR count). The van der Waals surface area contributed by atoms with E-state index >= 15 is 0 Å². The minimum Gasteiger partial charge on any atom is -0.493 e. The summed E-state index contributed by atoms with van der Waals surface area (Å²) < 4.78 is 10.6. The normalized spacial score (nSPS) is 19.0. The lowest BCUT2D eigenvalue weighted by molar-refractivity contribution is 0.319. The second kappa shape index (κ2) is 7.58. The maximum Gasteiger partial charge on any atom is 0.161 e. The molecule has 108 valence electrons. The number of rotatable bonds is 5. The molecule has 19 heavy (non-hydrogen) atoms. The SMILES string of the molecule is CNC1CCN(Cc2ccc(OC)c(OC)c2)C1.Cl. The fourth-order valence-electron chi connectivity index (χ4n) is 2.45. The number of ether oxygens (including phenoxy) is 2. The maximum absolute atomic E-state index is 5.33. The predicted octanol–water partition coefficient (Wildman–Crippen LogP) is 1.92. The summed E-state index contributed by atoms with van der Waals surface area (Å²) in [5.74, 6) is 1.59. The predicted molar refractivity (Wildman–Crippen MR) is 79.5 cm³/mol. The summed E-state index contributed by atoms with van der Waals surface area (Å²) in [5, 5.41) is 3.33. The van der Waals surface area contributed by atoms with E-state index in [1.54, 1.807) is 14.2 Å². The Kier molecular flexibility index (Phi) is 6.42. The number of hydrogen-bond acceptors (Lipinski definition) is 4. The highest BCUT2D eigenvalue weighted by molar-refractivity contribution is 5.85. The van der Waals surface area contributed by atoms with Crippen LogP contribution in [0.5, 0.6) is 11.5 Å². The van der Waals surface area contributed by atoms with Crippen molar-refractivity contribution in [3.8, 4) is 11.5 Å². The summed E-state index contributed by atoms with van der Waals surface area (Å²) in [6.07, 6.45) is 1.23. The van der Waals surface area contributed by atoms with Gasteiger partial charge in [0.2, 0.25) is 0 Å². The Morgan fingerprint density at radius 1 is 1.26 bits per heavy atom. The highest BCUT2D eigenvalue weighted by Crippen LogP contribution is 2.28. The van der Waals surface area contributed by atoms with E-state index in [0.717, 1.165) is 31.1 Å². The van der Waals surface area contributed by atoms with E-state index < -0.39 is 0 Å². The van der Waals surface area contributed by atoms with Crippen LogP contribution in [0.4, 0.5) is 0 Å². The van der Waals surface area contributed by atoms with Gasteiger partial charge in [-0.2, -0.15) is 0 Å². The van der Waals surface area contributed by atoms with Crippen molar-refractivity contribution in [2.75, 3.05) is 34.4 Å². The van der Waals surface area contributed by atoms with Crippen LogP contribution in [0.15, 0.2) is 18.2 Å². The topological polar surface area (TPSA) is 33.7 Å². The van der Waals surface area contributed by atoms with Crippen molar-refractivity contribution in [2.24, 2.45) is 0 Å². The van der Waals surface area contributed by atoms with Crippen LogP contribution in [-0.2, 0) is 6.54 Å². The van der Waals surface area contributed by atoms with Crippen molar-refractivity contribution in [3.05, 3.63) is 23.8 Å². The quantitative estimate of drug-likeness (QED) is 0.897. The molecule has 0 radical (unpaired) electrons. The average molecular weight is 287 g/mol. The molecule has 1 aromatic carbocycles. The number of methoxy groups -OCH3 is 2. The Bertz CT molecular complexity index is 401. The minimum absolute atomic E-state index is 0. The van der Waals surface area contributed by atoms with Gasteiger partial charge in [0.15, 0.2) is 11.5 Å². The van der Waals surface area contributed by atoms with Crippen molar-refractivity contribution >= 4 is 12.4 Å². The van der Waals surface area contributed by atoms with Crippen LogP contribution < -0.4 is 14.8 Å². The lowest BCUT2D eigenvalue weighted by atomic mass is 10.2. The van der Waals surface area contributed by atoms with Crippen LogP contribution in [0.3, 0.4) is 0 Å². The minimum atomic E-state index is 0. The van der Waals surface area contributed by atoms with Crippen molar-refractivity contribution in [3.63, 3.8) is 0 Å². The van der Waals surface area contributed by atoms with E-state index in [1.165, 1.54) is 12.0 Å². The van der Waals surface area contributed by atoms with Crippen LogP contribution in [0.25, 0.3) is 0 Å². The van der Waals surface area contributed by atoms with Gasteiger partial charge < -0.3 is 14.8 Å². The Morgan fingerprint density at radius 3 is 2.58 bits per heavy atom. The standard InChI is InChI=1S/C14H22N2O2.ClH/c1-15-12-6-7-16(10-12)9-11-4-5-13(17-2)14(8-11)18-3;/h4-5,8,12,15H,6-7,9-10H2,1-3H3;1H. The van der Waals surface area contributed by atoms with Gasteiger partial charge in [0.05, 0.1) is 14.2 Å². The molecule has 1 aliphatic heterocycles. The summed E-state index contributed by atoms with van der Waals surface area (Å²) in [4.78, 5) is 2.46. The molecule has 0 aromatic heterocycles. The van der Waals surface area contributed by atoms with Gasteiger partial charge in [-0.3, -0.25) is 4.90 Å². The molecule has 1 fully saturated rings. The molecule has 0 aliphatic carbocycles. The molecular weight excluding hydrogens is 264 g/mol. The van der Waals surface area contributed by atoms with Crippen LogP contribution in [0, 0.1) is 0 Å². The van der Waals surface area contributed by atoms with Gasteiger partial charge in [0.25, 0.3) is 0 Å². The molecule has 1 aliphatic rings. The third-order valence-electron chi connectivity index (χ3n) is 3.53. The second-order valence-corrected chi connectivity index (χ2v) is 4.70. The molecule has 1 saturated heterocycles. The Morgan fingerprint density at radius 2 is 2.00 bits per heavy atom. The lowest BCUT2D eigenvalue weighted by Gasteiger charge is -2.17. The second-order valence-electron chi connectivity index (χ2n) is 4.70. The van der Waals surface area contributed by atoms with E-state index in [4.69, 9.17) is 9.47 Å².